The van der Waals surface area contributed by atoms with Crippen LogP contribution in [0, 0.1) is 6.92 Å². The highest BCUT2D eigenvalue weighted by Crippen LogP contribution is 2.37. The summed E-state index contributed by atoms with van der Waals surface area (Å²) >= 11 is 1.60. The van der Waals surface area contributed by atoms with E-state index < -0.39 is 0 Å². The highest BCUT2D eigenvalue weighted by atomic mass is 32.1. The highest BCUT2D eigenvalue weighted by Gasteiger charge is 2.25. The number of hydrogen-bond donors (Lipinski definition) is 1. The van der Waals surface area contributed by atoms with Crippen LogP contribution in [0.5, 0.6) is 11.5 Å². The average molecular weight is 262 g/mol. The Balaban J connectivity index is 1.87. The van der Waals surface area contributed by atoms with Gasteiger partial charge in [-0.2, -0.15) is 0 Å². The van der Waals surface area contributed by atoms with Gasteiger partial charge in [0.1, 0.15) is 11.6 Å². The lowest BCUT2D eigenvalue weighted by atomic mass is 10.2. The van der Waals surface area contributed by atoms with Gasteiger partial charge in [0.15, 0.2) is 17.6 Å². The summed E-state index contributed by atoms with van der Waals surface area (Å²) in [5.41, 5.74) is 6.65. The topological polar surface area (TPSA) is 57.4 Å². The van der Waals surface area contributed by atoms with Crippen LogP contribution in [-0.2, 0) is 6.54 Å². The third-order valence-electron chi connectivity index (χ3n) is 2.88. The number of fused-ring (bicyclic) bond motifs is 1. The predicted octanol–water partition coefficient (Wildman–Crippen LogP) is 2.42. The molecule has 0 spiro atoms. The molecule has 18 heavy (non-hydrogen) atoms. The maximum Gasteiger partial charge on any atom is 0.184 e. The molecule has 2 aromatic rings. The number of aryl methyl sites for hydroxylation is 1. The van der Waals surface area contributed by atoms with Crippen molar-refractivity contribution in [1.82, 2.24) is 4.98 Å². The summed E-state index contributed by atoms with van der Waals surface area (Å²) in [6.07, 6.45) is -0.135. The lowest BCUT2D eigenvalue weighted by Crippen LogP contribution is -2.21. The van der Waals surface area contributed by atoms with E-state index in [2.05, 4.69) is 4.98 Å². The van der Waals surface area contributed by atoms with Crippen LogP contribution in [0.1, 0.15) is 21.7 Å². The van der Waals surface area contributed by atoms with E-state index in [9.17, 15) is 0 Å². The second-order valence-corrected chi connectivity index (χ2v) is 5.24. The molecule has 2 heterocycles. The molecule has 1 aromatic carbocycles. The molecular formula is C13H14N2O2S. The smallest absolute Gasteiger partial charge is 0.184 e. The molecule has 5 heteroatoms. The highest BCUT2D eigenvalue weighted by molar-refractivity contribution is 7.11. The fraction of sp³-hybridized carbons (Fsp3) is 0.308. The number of hydrogen-bond acceptors (Lipinski definition) is 5. The molecule has 0 saturated carbocycles. The maximum atomic E-state index is 5.91. The van der Waals surface area contributed by atoms with E-state index in [-0.39, 0.29) is 6.10 Å². The van der Waals surface area contributed by atoms with Crippen molar-refractivity contribution in [2.45, 2.75) is 19.6 Å². The number of thiazole rings is 1. The van der Waals surface area contributed by atoms with Gasteiger partial charge in [0.05, 0.1) is 5.69 Å². The molecule has 0 aliphatic carbocycles. The fourth-order valence-corrected chi connectivity index (χ4v) is 2.88. The molecule has 94 valence electrons. The van der Waals surface area contributed by atoms with Gasteiger partial charge in [-0.15, -0.1) is 11.3 Å². The van der Waals surface area contributed by atoms with Gasteiger partial charge in [0, 0.05) is 11.4 Å². The number of benzene rings is 1. The average Bonchev–Trinajstić information content (AvgIpc) is 2.79. The zero-order chi connectivity index (χ0) is 12.5. The van der Waals surface area contributed by atoms with E-state index in [1.54, 1.807) is 11.3 Å². The largest absolute Gasteiger partial charge is 0.485 e. The Labute approximate surface area is 109 Å². The van der Waals surface area contributed by atoms with Crippen LogP contribution in [0.4, 0.5) is 0 Å². The van der Waals surface area contributed by atoms with Gasteiger partial charge in [-0.3, -0.25) is 0 Å². The zero-order valence-corrected chi connectivity index (χ0v) is 10.9. The first-order valence-electron chi connectivity index (χ1n) is 5.82. The van der Waals surface area contributed by atoms with Gasteiger partial charge in [0.2, 0.25) is 0 Å². The van der Waals surface area contributed by atoms with Gasteiger partial charge in [-0.05, 0) is 19.1 Å². The molecule has 2 N–H and O–H groups in total. The van der Waals surface area contributed by atoms with E-state index in [1.807, 2.05) is 31.2 Å². The Kier molecular flexibility index (Phi) is 2.93. The molecule has 3 rings (SSSR count). The van der Waals surface area contributed by atoms with Gasteiger partial charge in [0.25, 0.3) is 0 Å². The molecule has 1 atom stereocenters. The first-order valence-corrected chi connectivity index (χ1v) is 6.64. The third kappa shape index (κ3) is 1.95. The van der Waals surface area contributed by atoms with Crippen LogP contribution >= 0.6 is 11.3 Å². The van der Waals surface area contributed by atoms with Gasteiger partial charge >= 0.3 is 0 Å². The van der Waals surface area contributed by atoms with E-state index in [1.165, 1.54) is 0 Å². The van der Waals surface area contributed by atoms with Crippen molar-refractivity contribution in [3.63, 3.8) is 0 Å². The van der Waals surface area contributed by atoms with Gasteiger partial charge in [-0.1, -0.05) is 12.1 Å². The monoisotopic (exact) mass is 262 g/mol. The molecule has 0 fully saturated rings. The minimum absolute atomic E-state index is 0.135. The van der Waals surface area contributed by atoms with Crippen LogP contribution in [0.3, 0.4) is 0 Å². The summed E-state index contributed by atoms with van der Waals surface area (Å²) in [5.74, 6) is 1.57. The third-order valence-corrected chi connectivity index (χ3v) is 4.15. The number of aromatic nitrogens is 1. The van der Waals surface area contributed by atoms with Gasteiger partial charge in [-0.25, -0.2) is 4.98 Å². The van der Waals surface area contributed by atoms with E-state index in [0.717, 1.165) is 27.1 Å². The van der Waals surface area contributed by atoms with Crippen molar-refractivity contribution in [1.29, 1.82) is 0 Å². The molecule has 0 radical (unpaired) electrons. The van der Waals surface area contributed by atoms with Crippen LogP contribution in [0.25, 0.3) is 0 Å². The second-order valence-electron chi connectivity index (χ2n) is 4.13. The summed E-state index contributed by atoms with van der Waals surface area (Å²) in [6.45, 7) is 2.99. The Bertz CT molecular complexity index is 568. The summed E-state index contributed by atoms with van der Waals surface area (Å²) < 4.78 is 11.6. The number of para-hydroxylation sites is 2. The van der Waals surface area contributed by atoms with Crippen molar-refractivity contribution >= 4 is 11.3 Å². The van der Waals surface area contributed by atoms with Crippen molar-refractivity contribution in [2.75, 3.05) is 6.61 Å². The molecule has 1 aliphatic rings. The zero-order valence-electron chi connectivity index (χ0n) is 10.1. The van der Waals surface area contributed by atoms with E-state index in [0.29, 0.717) is 13.2 Å². The first-order chi connectivity index (χ1) is 8.78. The Morgan fingerprint density at radius 1 is 1.39 bits per heavy atom. The van der Waals surface area contributed by atoms with Crippen molar-refractivity contribution in [3.8, 4) is 11.5 Å². The lowest BCUT2D eigenvalue weighted by molar-refractivity contribution is 0.0910. The SMILES string of the molecule is Cc1nc(C2COc3ccccc3O2)sc1CN. The minimum Gasteiger partial charge on any atom is -0.485 e. The number of nitrogens with zero attached hydrogens (tertiary/aromatic N) is 1. The number of nitrogens with two attached hydrogens (primary N) is 1. The molecule has 0 bridgehead atoms. The number of ether oxygens (including phenoxy) is 2. The fourth-order valence-electron chi connectivity index (χ4n) is 1.92. The molecule has 1 aliphatic heterocycles. The summed E-state index contributed by atoms with van der Waals surface area (Å²) in [5, 5.41) is 0.933. The number of rotatable bonds is 2. The van der Waals surface area contributed by atoms with E-state index in [4.69, 9.17) is 15.2 Å². The second kappa shape index (κ2) is 4.59. The standard InChI is InChI=1S/C13H14N2O2S/c1-8-12(6-14)18-13(15-8)11-7-16-9-4-2-3-5-10(9)17-11/h2-5,11H,6-7,14H2,1H3. The predicted molar refractivity (Wildman–Crippen MR) is 70.0 cm³/mol. The van der Waals surface area contributed by atoms with Crippen LogP contribution in [-0.4, -0.2) is 11.6 Å². The minimum atomic E-state index is -0.135. The van der Waals surface area contributed by atoms with Crippen LogP contribution in [0.15, 0.2) is 24.3 Å². The first kappa shape index (κ1) is 11.5. The van der Waals surface area contributed by atoms with Gasteiger partial charge < -0.3 is 15.2 Å². The van der Waals surface area contributed by atoms with Crippen LogP contribution < -0.4 is 15.2 Å². The van der Waals surface area contributed by atoms with E-state index >= 15 is 0 Å². The Hall–Kier alpha value is -1.59. The normalized spacial score (nSPS) is 17.8. The van der Waals surface area contributed by atoms with Crippen molar-refractivity contribution in [3.05, 3.63) is 39.8 Å². The summed E-state index contributed by atoms with van der Waals surface area (Å²) in [4.78, 5) is 5.62. The molecule has 0 saturated heterocycles. The lowest BCUT2D eigenvalue weighted by Gasteiger charge is -2.24. The molecule has 1 unspecified atom stereocenters. The Morgan fingerprint density at radius 2 is 2.17 bits per heavy atom. The molecular weight excluding hydrogens is 248 g/mol. The molecule has 0 amide bonds. The maximum absolute atomic E-state index is 5.91. The Morgan fingerprint density at radius 3 is 2.89 bits per heavy atom. The quantitative estimate of drug-likeness (QED) is 0.903. The molecule has 4 nitrogen and oxygen atoms in total. The van der Waals surface area contributed by atoms with Crippen LogP contribution in [0.2, 0.25) is 0 Å². The summed E-state index contributed by atoms with van der Waals surface area (Å²) in [7, 11) is 0. The van der Waals surface area contributed by atoms with Crippen molar-refractivity contribution in [2.24, 2.45) is 5.73 Å². The van der Waals surface area contributed by atoms with Crippen molar-refractivity contribution < 1.29 is 9.47 Å². The summed E-state index contributed by atoms with van der Waals surface area (Å²) in [6, 6.07) is 7.68. The molecule has 1 aromatic heterocycles.